The number of primary sulfonamides is 1. The Bertz CT molecular complexity index is 1170. The smallest absolute Gasteiger partial charge is 0.238 e. The zero-order chi connectivity index (χ0) is 20.9. The fraction of sp³-hybridized carbons (Fsp3) is 0. The maximum atomic E-state index is 12.9. The van der Waals surface area contributed by atoms with E-state index >= 15 is 0 Å². The van der Waals surface area contributed by atoms with Crippen LogP contribution in [0.4, 0.5) is 5.69 Å². The highest BCUT2D eigenvalue weighted by Crippen LogP contribution is 2.23. The summed E-state index contributed by atoms with van der Waals surface area (Å²) < 4.78 is 22.7. The normalized spacial score (nSPS) is 12.6. The Morgan fingerprint density at radius 3 is 1.83 bits per heavy atom. The van der Waals surface area contributed by atoms with Gasteiger partial charge in [0.1, 0.15) is 0 Å². The van der Waals surface area contributed by atoms with Gasteiger partial charge < -0.3 is 5.11 Å². The SMILES string of the molecule is NS(=O)(=O)c1ccc(N=N/C(C(=O)c2ccccc2)=C(\O)c2ccccc2)cc1. The molecule has 3 rings (SSSR count). The lowest BCUT2D eigenvalue weighted by molar-refractivity contribution is 0.103. The number of aliphatic hydroxyl groups is 1. The number of hydrogen-bond acceptors (Lipinski definition) is 6. The second-order valence-corrected chi connectivity index (χ2v) is 7.56. The van der Waals surface area contributed by atoms with Gasteiger partial charge in [0.15, 0.2) is 11.5 Å². The number of carbonyl (C=O) groups excluding carboxylic acids is 1. The summed E-state index contributed by atoms with van der Waals surface area (Å²) in [5.41, 5.74) is 0.804. The van der Waals surface area contributed by atoms with Crippen LogP contribution in [0.1, 0.15) is 15.9 Å². The second-order valence-electron chi connectivity index (χ2n) is 6.00. The number of aliphatic hydroxyl groups excluding tert-OH is 1. The largest absolute Gasteiger partial charge is 0.505 e. The molecule has 0 aliphatic rings. The monoisotopic (exact) mass is 407 g/mol. The van der Waals surface area contributed by atoms with E-state index in [1.165, 1.54) is 24.3 Å². The van der Waals surface area contributed by atoms with Crippen molar-refractivity contribution in [1.82, 2.24) is 0 Å². The first-order valence-electron chi connectivity index (χ1n) is 8.49. The van der Waals surface area contributed by atoms with Crippen LogP contribution in [-0.4, -0.2) is 19.3 Å². The lowest BCUT2D eigenvalue weighted by atomic mass is 10.1. The number of Topliss-reactive ketones (excluding diaryl/α,β-unsaturated/α-hetero) is 1. The van der Waals surface area contributed by atoms with E-state index in [2.05, 4.69) is 10.2 Å². The highest BCUT2D eigenvalue weighted by atomic mass is 32.2. The van der Waals surface area contributed by atoms with Gasteiger partial charge in [0.05, 0.1) is 10.6 Å². The predicted molar refractivity (Wildman–Crippen MR) is 109 cm³/mol. The molecule has 3 aromatic rings. The van der Waals surface area contributed by atoms with Crippen LogP contribution in [0.2, 0.25) is 0 Å². The Kier molecular flexibility index (Phi) is 5.96. The molecule has 0 aromatic heterocycles. The fourth-order valence-electron chi connectivity index (χ4n) is 2.47. The topological polar surface area (TPSA) is 122 Å². The summed E-state index contributed by atoms with van der Waals surface area (Å²) in [6.45, 7) is 0. The summed E-state index contributed by atoms with van der Waals surface area (Å²) in [5, 5.41) is 23.7. The number of nitrogens with two attached hydrogens (primary N) is 1. The number of rotatable bonds is 6. The Morgan fingerprint density at radius 2 is 1.31 bits per heavy atom. The van der Waals surface area contributed by atoms with Crippen molar-refractivity contribution >= 4 is 27.3 Å². The van der Waals surface area contributed by atoms with Gasteiger partial charge in [-0.2, -0.15) is 5.11 Å². The van der Waals surface area contributed by atoms with Crippen molar-refractivity contribution in [3.05, 3.63) is 102 Å². The van der Waals surface area contributed by atoms with Crippen molar-refractivity contribution in [2.24, 2.45) is 15.4 Å². The van der Waals surface area contributed by atoms with Crippen LogP contribution in [0.3, 0.4) is 0 Å². The van der Waals surface area contributed by atoms with Crippen LogP contribution in [0.25, 0.3) is 5.76 Å². The molecule has 0 amide bonds. The first-order valence-corrected chi connectivity index (χ1v) is 10.0. The van der Waals surface area contributed by atoms with Gasteiger partial charge in [0, 0.05) is 11.1 Å². The van der Waals surface area contributed by atoms with Gasteiger partial charge in [-0.1, -0.05) is 60.7 Å². The van der Waals surface area contributed by atoms with E-state index in [1.807, 2.05) is 0 Å². The molecule has 3 N–H and O–H groups in total. The summed E-state index contributed by atoms with van der Waals surface area (Å²) in [6.07, 6.45) is 0. The lowest BCUT2D eigenvalue weighted by Crippen LogP contribution is -2.11. The minimum Gasteiger partial charge on any atom is -0.505 e. The Hall–Kier alpha value is -3.62. The Balaban J connectivity index is 2.02. The number of carbonyl (C=O) groups is 1. The van der Waals surface area contributed by atoms with E-state index in [0.717, 1.165) is 0 Å². The molecule has 0 spiro atoms. The van der Waals surface area contributed by atoms with Crippen molar-refractivity contribution in [3.63, 3.8) is 0 Å². The van der Waals surface area contributed by atoms with E-state index < -0.39 is 15.8 Å². The average Bonchev–Trinajstić information content (AvgIpc) is 2.74. The minimum absolute atomic E-state index is 0.0697. The van der Waals surface area contributed by atoms with E-state index in [4.69, 9.17) is 5.14 Å². The summed E-state index contributed by atoms with van der Waals surface area (Å²) in [6, 6.07) is 22.3. The number of ketones is 1. The quantitative estimate of drug-likeness (QED) is 0.275. The standard InChI is InChI=1S/C21H17N3O4S/c22-29(27,28)18-13-11-17(12-14-18)23-24-19(20(25)15-7-3-1-4-8-15)21(26)16-9-5-2-6-10-16/h1-14,25H,(H2,22,27,28)/b20-19-,24-23?. The third-order valence-electron chi connectivity index (χ3n) is 3.95. The average molecular weight is 407 g/mol. The number of sulfonamides is 1. The van der Waals surface area contributed by atoms with Crippen molar-refractivity contribution in [2.75, 3.05) is 0 Å². The van der Waals surface area contributed by atoms with E-state index in [0.29, 0.717) is 11.1 Å². The maximum absolute atomic E-state index is 12.9. The molecule has 8 heteroatoms. The van der Waals surface area contributed by atoms with Gasteiger partial charge in [-0.25, -0.2) is 13.6 Å². The highest BCUT2D eigenvalue weighted by Gasteiger charge is 2.18. The zero-order valence-electron chi connectivity index (χ0n) is 15.1. The summed E-state index contributed by atoms with van der Waals surface area (Å²) in [7, 11) is -3.83. The third kappa shape index (κ3) is 5.01. The highest BCUT2D eigenvalue weighted by molar-refractivity contribution is 7.89. The number of azo groups is 1. The number of allylic oxidation sites excluding steroid dienone is 1. The van der Waals surface area contributed by atoms with Gasteiger partial charge in [-0.05, 0) is 24.3 Å². The van der Waals surface area contributed by atoms with Crippen molar-refractivity contribution in [1.29, 1.82) is 0 Å². The van der Waals surface area contributed by atoms with Gasteiger partial charge >= 0.3 is 0 Å². The van der Waals surface area contributed by atoms with Crippen LogP contribution >= 0.6 is 0 Å². The molecular formula is C21H17N3O4S. The molecule has 0 aliphatic heterocycles. The molecule has 0 saturated carbocycles. The molecule has 146 valence electrons. The first-order chi connectivity index (χ1) is 13.9. The molecule has 3 aromatic carbocycles. The third-order valence-corrected chi connectivity index (χ3v) is 4.88. The van der Waals surface area contributed by atoms with Crippen molar-refractivity contribution < 1.29 is 18.3 Å². The predicted octanol–water partition coefficient (Wildman–Crippen LogP) is 4.23. The van der Waals surface area contributed by atoms with E-state index in [-0.39, 0.29) is 22.0 Å². The minimum atomic E-state index is -3.83. The summed E-state index contributed by atoms with van der Waals surface area (Å²) in [4.78, 5) is 12.8. The molecular weight excluding hydrogens is 390 g/mol. The van der Waals surface area contributed by atoms with Gasteiger partial charge in [0.25, 0.3) is 0 Å². The Labute approximate surface area is 167 Å². The molecule has 0 radical (unpaired) electrons. The van der Waals surface area contributed by atoms with Gasteiger partial charge in [0.2, 0.25) is 15.8 Å². The molecule has 29 heavy (non-hydrogen) atoms. The number of benzene rings is 3. The molecule has 0 unspecified atom stereocenters. The molecule has 0 saturated heterocycles. The zero-order valence-corrected chi connectivity index (χ0v) is 16.0. The van der Waals surface area contributed by atoms with Crippen molar-refractivity contribution in [3.8, 4) is 0 Å². The molecule has 0 heterocycles. The second kappa shape index (κ2) is 8.59. The van der Waals surface area contributed by atoms with Crippen LogP contribution in [0.15, 0.2) is 106 Å². The van der Waals surface area contributed by atoms with Crippen LogP contribution in [0, 0.1) is 0 Å². The molecule has 7 nitrogen and oxygen atoms in total. The van der Waals surface area contributed by atoms with Gasteiger partial charge in [-0.3, -0.25) is 4.79 Å². The molecule has 0 atom stereocenters. The number of hydrogen-bond donors (Lipinski definition) is 2. The van der Waals surface area contributed by atoms with Crippen molar-refractivity contribution in [2.45, 2.75) is 4.90 Å². The molecule has 0 bridgehead atoms. The summed E-state index contributed by atoms with van der Waals surface area (Å²) >= 11 is 0. The summed E-state index contributed by atoms with van der Waals surface area (Å²) in [5.74, 6) is -0.818. The number of nitrogens with zero attached hydrogens (tertiary/aromatic N) is 2. The molecule has 0 fully saturated rings. The van der Waals surface area contributed by atoms with E-state index in [9.17, 15) is 18.3 Å². The van der Waals surface area contributed by atoms with Crippen LogP contribution in [-0.2, 0) is 10.0 Å². The van der Waals surface area contributed by atoms with Crippen LogP contribution < -0.4 is 5.14 Å². The molecule has 0 aliphatic carbocycles. The maximum Gasteiger partial charge on any atom is 0.238 e. The fourth-order valence-corrected chi connectivity index (χ4v) is 2.98. The Morgan fingerprint density at radius 1 is 0.793 bits per heavy atom. The van der Waals surface area contributed by atoms with E-state index in [1.54, 1.807) is 60.7 Å². The first kappa shape index (κ1) is 20.1. The van der Waals surface area contributed by atoms with Crippen LogP contribution in [0.5, 0.6) is 0 Å². The van der Waals surface area contributed by atoms with Gasteiger partial charge in [-0.15, -0.1) is 5.11 Å². The lowest BCUT2D eigenvalue weighted by Gasteiger charge is -2.06.